The van der Waals surface area contributed by atoms with Crippen LogP contribution >= 0.6 is 22.6 Å². The number of rotatable bonds is 5. The molecule has 0 heterocycles. The summed E-state index contributed by atoms with van der Waals surface area (Å²) in [6.45, 7) is -0.606. The maximum absolute atomic E-state index is 11.8. The SMILES string of the molecule is O=C(COC(=O)c1ccccc1I)Oc1ccc(S(=O)(=O)[O-])cc1. The first-order chi connectivity index (χ1) is 11.3. The molecule has 0 N–H and O–H groups in total. The van der Waals surface area contributed by atoms with Gasteiger partial charge in [0.1, 0.15) is 15.9 Å². The van der Waals surface area contributed by atoms with E-state index in [2.05, 4.69) is 0 Å². The molecule has 0 saturated carbocycles. The normalized spacial score (nSPS) is 10.9. The van der Waals surface area contributed by atoms with Crippen molar-refractivity contribution >= 4 is 44.6 Å². The van der Waals surface area contributed by atoms with Gasteiger partial charge in [-0.3, -0.25) is 0 Å². The van der Waals surface area contributed by atoms with Gasteiger partial charge in [-0.25, -0.2) is 18.0 Å². The average molecular weight is 461 g/mol. The van der Waals surface area contributed by atoms with Crippen LogP contribution in [0.2, 0.25) is 0 Å². The highest BCUT2D eigenvalue weighted by Gasteiger charge is 2.14. The Balaban J connectivity index is 1.92. The van der Waals surface area contributed by atoms with Crippen LogP contribution in [-0.2, 0) is 19.6 Å². The summed E-state index contributed by atoms with van der Waals surface area (Å²) in [6.07, 6.45) is 0. The second kappa shape index (κ2) is 7.73. The Hall–Kier alpha value is -1.98. The van der Waals surface area contributed by atoms with Crippen LogP contribution in [0.1, 0.15) is 10.4 Å². The molecule has 24 heavy (non-hydrogen) atoms. The molecule has 0 unspecified atom stereocenters. The number of carbonyl (C=O) groups is 2. The molecule has 0 bridgehead atoms. The van der Waals surface area contributed by atoms with E-state index in [0.29, 0.717) is 9.13 Å². The molecule has 0 aliphatic heterocycles. The van der Waals surface area contributed by atoms with Crippen molar-refractivity contribution in [2.45, 2.75) is 4.90 Å². The lowest BCUT2D eigenvalue weighted by atomic mass is 10.2. The molecule has 2 rings (SSSR count). The topological polar surface area (TPSA) is 110 Å². The number of hydrogen-bond donors (Lipinski definition) is 0. The van der Waals surface area contributed by atoms with Gasteiger partial charge in [0.15, 0.2) is 6.61 Å². The van der Waals surface area contributed by atoms with Crippen LogP contribution in [-0.4, -0.2) is 31.5 Å². The van der Waals surface area contributed by atoms with Crippen LogP contribution < -0.4 is 4.74 Å². The third-order valence-electron chi connectivity index (χ3n) is 2.76. The van der Waals surface area contributed by atoms with Gasteiger partial charge in [0, 0.05) is 3.57 Å². The van der Waals surface area contributed by atoms with E-state index in [9.17, 15) is 22.6 Å². The lowest BCUT2D eigenvalue weighted by Crippen LogP contribution is -2.19. The van der Waals surface area contributed by atoms with E-state index in [0.717, 1.165) is 24.3 Å². The first-order valence-electron chi connectivity index (χ1n) is 6.45. The highest BCUT2D eigenvalue weighted by atomic mass is 127. The van der Waals surface area contributed by atoms with Gasteiger partial charge in [-0.15, -0.1) is 0 Å². The molecule has 0 saturated heterocycles. The molecule has 0 fully saturated rings. The van der Waals surface area contributed by atoms with Crippen LogP contribution in [0.25, 0.3) is 0 Å². The zero-order chi connectivity index (χ0) is 17.7. The summed E-state index contributed by atoms with van der Waals surface area (Å²) < 4.78 is 42.8. The van der Waals surface area contributed by atoms with Crippen LogP contribution in [0.5, 0.6) is 5.75 Å². The minimum absolute atomic E-state index is 0.0257. The largest absolute Gasteiger partial charge is 0.744 e. The van der Waals surface area contributed by atoms with Crippen LogP contribution in [0.4, 0.5) is 0 Å². The van der Waals surface area contributed by atoms with Gasteiger partial charge in [0.05, 0.1) is 10.5 Å². The quantitative estimate of drug-likeness (QED) is 0.290. The lowest BCUT2D eigenvalue weighted by molar-refractivity contribution is -0.137. The maximum atomic E-state index is 11.8. The van der Waals surface area contributed by atoms with Crippen molar-refractivity contribution in [3.05, 3.63) is 57.7 Å². The van der Waals surface area contributed by atoms with E-state index < -0.39 is 33.6 Å². The molecule has 2 aromatic rings. The van der Waals surface area contributed by atoms with Crippen LogP contribution in [0, 0.1) is 3.57 Å². The minimum Gasteiger partial charge on any atom is -0.744 e. The third kappa shape index (κ3) is 5.01. The summed E-state index contributed by atoms with van der Waals surface area (Å²) >= 11 is 1.97. The summed E-state index contributed by atoms with van der Waals surface area (Å²) in [7, 11) is -4.56. The Bertz CT molecular complexity index is 860. The molecule has 126 valence electrons. The predicted molar refractivity (Wildman–Crippen MR) is 89.5 cm³/mol. The van der Waals surface area contributed by atoms with Gasteiger partial charge in [0.25, 0.3) is 0 Å². The third-order valence-corrected chi connectivity index (χ3v) is 4.55. The van der Waals surface area contributed by atoms with E-state index in [4.69, 9.17) is 9.47 Å². The average Bonchev–Trinajstić information content (AvgIpc) is 2.53. The van der Waals surface area contributed by atoms with Crippen molar-refractivity contribution in [2.75, 3.05) is 6.61 Å². The van der Waals surface area contributed by atoms with E-state index >= 15 is 0 Å². The molecule has 0 atom stereocenters. The fourth-order valence-electron chi connectivity index (χ4n) is 1.66. The number of ether oxygens (including phenoxy) is 2. The van der Waals surface area contributed by atoms with E-state index in [1.807, 2.05) is 22.6 Å². The Morgan fingerprint density at radius 3 is 2.25 bits per heavy atom. The zero-order valence-electron chi connectivity index (χ0n) is 12.0. The fraction of sp³-hybridized carbons (Fsp3) is 0.0667. The second-order valence-electron chi connectivity index (χ2n) is 4.46. The van der Waals surface area contributed by atoms with Gasteiger partial charge in [0.2, 0.25) is 0 Å². The van der Waals surface area contributed by atoms with E-state index in [-0.39, 0.29) is 5.75 Å². The Labute approximate surface area is 151 Å². The van der Waals surface area contributed by atoms with Crippen LogP contribution in [0.3, 0.4) is 0 Å². The van der Waals surface area contributed by atoms with Crippen LogP contribution in [0.15, 0.2) is 53.4 Å². The summed E-state index contributed by atoms with van der Waals surface area (Å²) in [5.74, 6) is -1.48. The van der Waals surface area contributed by atoms with Crippen molar-refractivity contribution in [1.29, 1.82) is 0 Å². The van der Waals surface area contributed by atoms with E-state index in [1.165, 1.54) is 0 Å². The number of benzene rings is 2. The fourth-order valence-corrected chi connectivity index (χ4v) is 2.74. The molecule has 0 aliphatic rings. The first-order valence-corrected chi connectivity index (χ1v) is 8.94. The first kappa shape index (κ1) is 18.4. The van der Waals surface area contributed by atoms with Gasteiger partial charge in [-0.1, -0.05) is 12.1 Å². The highest BCUT2D eigenvalue weighted by molar-refractivity contribution is 14.1. The van der Waals surface area contributed by atoms with Crippen molar-refractivity contribution < 1.29 is 32.0 Å². The Morgan fingerprint density at radius 2 is 1.67 bits per heavy atom. The van der Waals surface area contributed by atoms with Gasteiger partial charge in [-0.05, 0) is 59.0 Å². The number of carbonyl (C=O) groups excluding carboxylic acids is 2. The van der Waals surface area contributed by atoms with Crippen molar-refractivity contribution in [2.24, 2.45) is 0 Å². The van der Waals surface area contributed by atoms with Gasteiger partial charge in [-0.2, -0.15) is 0 Å². The van der Waals surface area contributed by atoms with Gasteiger partial charge < -0.3 is 14.0 Å². The highest BCUT2D eigenvalue weighted by Crippen LogP contribution is 2.16. The molecule has 0 spiro atoms. The van der Waals surface area contributed by atoms with Gasteiger partial charge >= 0.3 is 11.9 Å². The standard InChI is InChI=1S/C15H11IO7S/c16-13-4-2-1-3-12(13)15(18)22-9-14(17)23-10-5-7-11(8-6-10)24(19,20)21/h1-8H,9H2,(H,19,20,21)/p-1. The van der Waals surface area contributed by atoms with E-state index in [1.54, 1.807) is 24.3 Å². The Morgan fingerprint density at radius 1 is 1.04 bits per heavy atom. The molecule has 2 aromatic carbocycles. The molecule has 0 amide bonds. The summed E-state index contributed by atoms with van der Waals surface area (Å²) in [5, 5.41) is 0. The second-order valence-corrected chi connectivity index (χ2v) is 7.00. The Kier molecular flexibility index (Phi) is 5.91. The predicted octanol–water partition coefficient (Wildman–Crippen LogP) is 1.96. The summed E-state index contributed by atoms with van der Waals surface area (Å²) in [6, 6.07) is 11.1. The summed E-state index contributed by atoms with van der Waals surface area (Å²) in [4.78, 5) is 23.0. The number of hydrogen-bond acceptors (Lipinski definition) is 7. The molecule has 0 aromatic heterocycles. The molecular formula is C15H10IO7S-. The van der Waals surface area contributed by atoms with Crippen molar-refractivity contribution in [3.8, 4) is 5.75 Å². The minimum atomic E-state index is -4.56. The number of esters is 2. The monoisotopic (exact) mass is 461 g/mol. The smallest absolute Gasteiger partial charge is 0.349 e. The molecule has 0 radical (unpaired) electrons. The molecule has 7 nitrogen and oxygen atoms in total. The molecule has 0 aliphatic carbocycles. The maximum Gasteiger partial charge on any atom is 0.349 e. The zero-order valence-corrected chi connectivity index (χ0v) is 14.9. The lowest BCUT2D eigenvalue weighted by Gasteiger charge is -2.09. The van der Waals surface area contributed by atoms with Crippen molar-refractivity contribution in [1.82, 2.24) is 0 Å². The molecular weight excluding hydrogens is 451 g/mol. The van der Waals surface area contributed by atoms with Crippen molar-refractivity contribution in [3.63, 3.8) is 0 Å². The molecule has 9 heteroatoms. The summed E-state index contributed by atoms with van der Waals surface area (Å²) in [5.41, 5.74) is 0.330. The number of halogens is 1.